The van der Waals surface area contributed by atoms with Crippen molar-refractivity contribution in [3.05, 3.63) is 53.3 Å². The lowest BCUT2D eigenvalue weighted by Gasteiger charge is -2.23. The summed E-state index contributed by atoms with van der Waals surface area (Å²) in [5.74, 6) is 2.47. The van der Waals surface area contributed by atoms with Crippen LogP contribution >= 0.6 is 11.9 Å². The van der Waals surface area contributed by atoms with Gasteiger partial charge in [-0.15, -0.1) is 0 Å². The average molecular weight is 523 g/mol. The molecule has 8 nitrogen and oxygen atoms in total. The van der Waals surface area contributed by atoms with E-state index in [0.717, 1.165) is 54.2 Å². The van der Waals surface area contributed by atoms with E-state index in [1.54, 1.807) is 12.3 Å². The molecule has 1 saturated carbocycles. The summed E-state index contributed by atoms with van der Waals surface area (Å²) < 4.78 is 11.7. The van der Waals surface area contributed by atoms with Crippen LogP contribution in [0, 0.1) is 17.8 Å². The molecule has 0 spiro atoms. The maximum Gasteiger partial charge on any atom is 0.272 e. The number of nitrogens with zero attached hydrogens (tertiary/aromatic N) is 3. The van der Waals surface area contributed by atoms with Crippen molar-refractivity contribution in [3.8, 4) is 5.75 Å². The number of carbonyl (C=O) groups excluding carboxylic acids is 2. The van der Waals surface area contributed by atoms with E-state index in [4.69, 9.17) is 14.6 Å². The summed E-state index contributed by atoms with van der Waals surface area (Å²) in [4.78, 5) is 35.5. The van der Waals surface area contributed by atoms with Gasteiger partial charge in [-0.1, -0.05) is 0 Å². The number of pyridine rings is 1. The first-order chi connectivity index (χ1) is 18.1. The Morgan fingerprint density at radius 3 is 2.30 bits per heavy atom. The van der Waals surface area contributed by atoms with Crippen molar-refractivity contribution in [3.63, 3.8) is 0 Å². The van der Waals surface area contributed by atoms with Gasteiger partial charge < -0.3 is 19.3 Å². The number of rotatable bonds is 7. The Kier molecular flexibility index (Phi) is 7.10. The van der Waals surface area contributed by atoms with Crippen molar-refractivity contribution < 1.29 is 19.1 Å². The summed E-state index contributed by atoms with van der Waals surface area (Å²) in [6.07, 6.45) is 6.04. The minimum Gasteiger partial charge on any atom is -0.493 e. The molecule has 0 radical (unpaired) electrons. The van der Waals surface area contributed by atoms with E-state index in [1.807, 2.05) is 21.9 Å². The molecule has 2 unspecified atom stereocenters. The Labute approximate surface area is 222 Å². The zero-order valence-corrected chi connectivity index (χ0v) is 21.8. The lowest BCUT2D eigenvalue weighted by molar-refractivity contribution is 0.0497. The Hall–Kier alpha value is -2.62. The van der Waals surface area contributed by atoms with Crippen molar-refractivity contribution >= 4 is 23.8 Å². The van der Waals surface area contributed by atoms with E-state index in [0.29, 0.717) is 62.2 Å². The number of aromatic nitrogens is 1. The first kappa shape index (κ1) is 24.7. The van der Waals surface area contributed by atoms with Crippen molar-refractivity contribution in [2.24, 2.45) is 22.9 Å². The Morgan fingerprint density at radius 2 is 1.68 bits per heavy atom. The highest BCUT2D eigenvalue weighted by Gasteiger charge is 2.43. The van der Waals surface area contributed by atoms with Crippen LogP contribution < -0.4 is 9.88 Å². The van der Waals surface area contributed by atoms with Crippen LogP contribution in [0.1, 0.15) is 58.0 Å². The molecule has 3 saturated heterocycles. The molecule has 2 atom stereocenters. The van der Waals surface area contributed by atoms with Crippen LogP contribution in [0.15, 0.2) is 41.4 Å². The number of likely N-dealkylation sites (tertiary alicyclic amines) is 2. The molecule has 37 heavy (non-hydrogen) atoms. The Balaban J connectivity index is 1.09. The van der Waals surface area contributed by atoms with Crippen LogP contribution in [-0.2, 0) is 4.74 Å². The lowest BCUT2D eigenvalue weighted by Crippen LogP contribution is -2.36. The van der Waals surface area contributed by atoms with Crippen molar-refractivity contribution in [2.45, 2.75) is 36.5 Å². The van der Waals surface area contributed by atoms with Crippen molar-refractivity contribution in [1.29, 1.82) is 0 Å². The predicted octanol–water partition coefficient (Wildman–Crippen LogP) is 3.57. The first-order valence-corrected chi connectivity index (χ1v) is 14.2. The van der Waals surface area contributed by atoms with Gasteiger partial charge in [0.05, 0.1) is 6.61 Å². The highest BCUT2D eigenvalue weighted by Crippen LogP contribution is 2.42. The molecular weight excluding hydrogens is 488 g/mol. The third-order valence-electron chi connectivity index (χ3n) is 8.20. The van der Waals surface area contributed by atoms with Crippen LogP contribution in [0.5, 0.6) is 5.75 Å². The van der Waals surface area contributed by atoms with E-state index in [1.165, 1.54) is 18.4 Å². The van der Waals surface area contributed by atoms with Gasteiger partial charge in [0.25, 0.3) is 11.8 Å². The molecule has 1 aromatic carbocycles. The minimum absolute atomic E-state index is 0.0516. The number of hydrogen-bond acceptors (Lipinski definition) is 7. The van der Waals surface area contributed by atoms with Gasteiger partial charge in [-0.25, -0.2) is 4.98 Å². The summed E-state index contributed by atoms with van der Waals surface area (Å²) in [7, 11) is 0. The SMILES string of the molecule is NSc1ccc(C(=O)N2CC3CN(C(=O)c4cc(OCC5CCOCC5)cc(C5CC5)c4)CC3C2)nc1. The van der Waals surface area contributed by atoms with Gasteiger partial charge in [0.15, 0.2) is 0 Å². The molecule has 2 aromatic rings. The number of carbonyl (C=O) groups is 2. The largest absolute Gasteiger partial charge is 0.493 e. The molecule has 4 fully saturated rings. The quantitative estimate of drug-likeness (QED) is 0.555. The van der Waals surface area contributed by atoms with Crippen LogP contribution in [0.4, 0.5) is 0 Å². The molecule has 0 bridgehead atoms. The standard InChI is InChI=1S/C28H34N4O4S/c29-37-25-3-4-26(30-12-25)28(34)32-15-22-13-31(14-23(22)16-32)27(33)21-9-20(19-1-2-19)10-24(11-21)36-17-18-5-7-35-8-6-18/h3-4,9-12,18-19,22-23H,1-2,5-8,13-17,29H2. The van der Waals surface area contributed by atoms with Crippen molar-refractivity contribution in [1.82, 2.24) is 14.8 Å². The summed E-state index contributed by atoms with van der Waals surface area (Å²) in [5, 5.41) is 5.56. The van der Waals surface area contributed by atoms with E-state index in [2.05, 4.69) is 17.1 Å². The third kappa shape index (κ3) is 5.49. The molecular formula is C28H34N4O4S. The van der Waals surface area contributed by atoms with Gasteiger partial charge >= 0.3 is 0 Å². The summed E-state index contributed by atoms with van der Waals surface area (Å²) >= 11 is 1.11. The molecule has 1 aliphatic carbocycles. The topological polar surface area (TPSA) is 98.0 Å². The number of nitrogens with two attached hydrogens (primary N) is 1. The average Bonchev–Trinajstić information content (AvgIpc) is 3.61. The van der Waals surface area contributed by atoms with Gasteiger partial charge in [-0.2, -0.15) is 0 Å². The number of amides is 2. The van der Waals surface area contributed by atoms with Crippen LogP contribution in [-0.4, -0.2) is 72.6 Å². The van der Waals surface area contributed by atoms with E-state index >= 15 is 0 Å². The van der Waals surface area contributed by atoms with Gasteiger partial charge in [0.1, 0.15) is 11.4 Å². The van der Waals surface area contributed by atoms with Gasteiger partial charge in [-0.05, 0) is 85.4 Å². The summed E-state index contributed by atoms with van der Waals surface area (Å²) in [5.41, 5.74) is 2.38. The van der Waals surface area contributed by atoms with E-state index in [-0.39, 0.29) is 11.8 Å². The third-order valence-corrected chi connectivity index (χ3v) is 8.72. The lowest BCUT2D eigenvalue weighted by atomic mass is 10.0. The highest BCUT2D eigenvalue weighted by atomic mass is 32.2. The molecule has 4 heterocycles. The second-order valence-corrected chi connectivity index (χ2v) is 11.6. The second kappa shape index (κ2) is 10.6. The molecule has 1 aromatic heterocycles. The normalized spacial score (nSPS) is 23.8. The van der Waals surface area contributed by atoms with Gasteiger partial charge in [-0.3, -0.25) is 14.7 Å². The van der Waals surface area contributed by atoms with Crippen LogP contribution in [0.25, 0.3) is 0 Å². The second-order valence-electron chi connectivity index (χ2n) is 10.9. The molecule has 4 aliphatic rings. The minimum atomic E-state index is -0.0516. The number of ether oxygens (including phenoxy) is 2. The van der Waals surface area contributed by atoms with E-state index in [9.17, 15) is 9.59 Å². The Morgan fingerprint density at radius 1 is 0.973 bits per heavy atom. The van der Waals surface area contributed by atoms with E-state index < -0.39 is 0 Å². The number of fused-ring (bicyclic) bond motifs is 1. The predicted molar refractivity (Wildman–Crippen MR) is 141 cm³/mol. The fraction of sp³-hybridized carbons (Fsp3) is 0.536. The maximum absolute atomic E-state index is 13.6. The molecule has 6 rings (SSSR count). The molecule has 2 amide bonds. The molecule has 3 aliphatic heterocycles. The Bertz CT molecular complexity index is 1140. The smallest absolute Gasteiger partial charge is 0.272 e. The van der Waals surface area contributed by atoms with Gasteiger partial charge in [0.2, 0.25) is 0 Å². The molecule has 9 heteroatoms. The number of benzene rings is 1. The highest BCUT2D eigenvalue weighted by molar-refractivity contribution is 7.97. The zero-order chi connectivity index (χ0) is 25.4. The molecule has 2 N–H and O–H groups in total. The monoisotopic (exact) mass is 522 g/mol. The number of hydrogen-bond donors (Lipinski definition) is 1. The fourth-order valence-electron chi connectivity index (χ4n) is 5.85. The first-order valence-electron chi connectivity index (χ1n) is 13.3. The summed E-state index contributed by atoms with van der Waals surface area (Å²) in [6.45, 7) is 4.94. The maximum atomic E-state index is 13.6. The van der Waals surface area contributed by atoms with Crippen LogP contribution in [0.2, 0.25) is 0 Å². The zero-order valence-electron chi connectivity index (χ0n) is 21.0. The van der Waals surface area contributed by atoms with Gasteiger partial charge in [0, 0.05) is 67.9 Å². The fourth-order valence-corrected chi connectivity index (χ4v) is 6.11. The molecule has 196 valence electrons. The van der Waals surface area contributed by atoms with Crippen molar-refractivity contribution in [2.75, 3.05) is 46.0 Å². The van der Waals surface area contributed by atoms with Crippen LogP contribution in [0.3, 0.4) is 0 Å². The summed E-state index contributed by atoms with van der Waals surface area (Å²) in [6, 6.07) is 9.67.